The quantitative estimate of drug-likeness (QED) is 0.477. The molecule has 1 amide bonds. The van der Waals surface area contributed by atoms with Crippen LogP contribution in [0.25, 0.3) is 0 Å². The minimum atomic E-state index is -1.43. The van der Waals surface area contributed by atoms with Gasteiger partial charge in [0.1, 0.15) is 0 Å². The molecule has 26 heavy (non-hydrogen) atoms. The lowest BCUT2D eigenvalue weighted by molar-refractivity contribution is -0.161. The molecule has 0 aromatic heterocycles. The second kappa shape index (κ2) is 8.65. The van der Waals surface area contributed by atoms with Crippen LogP contribution in [0.3, 0.4) is 0 Å². The van der Waals surface area contributed by atoms with Gasteiger partial charge in [0.25, 0.3) is 0 Å². The summed E-state index contributed by atoms with van der Waals surface area (Å²) in [7, 11) is 0. The number of esters is 1. The maximum absolute atomic E-state index is 12.8. The average molecular weight is 359 g/mol. The smallest absolute Gasteiger partial charge is 0.412 e. The molecule has 1 aromatic rings. The highest BCUT2D eigenvalue weighted by Crippen LogP contribution is 2.46. The second-order valence-corrected chi connectivity index (χ2v) is 6.33. The number of carbonyl (C=O) groups excluding carboxylic acids is 3. The number of benzene rings is 1. The van der Waals surface area contributed by atoms with Gasteiger partial charge in [-0.3, -0.25) is 9.59 Å². The van der Waals surface area contributed by atoms with Crippen LogP contribution in [0.2, 0.25) is 0 Å². The van der Waals surface area contributed by atoms with E-state index < -0.39 is 23.5 Å². The summed E-state index contributed by atoms with van der Waals surface area (Å²) in [6, 6.07) is 6.53. The summed E-state index contributed by atoms with van der Waals surface area (Å²) < 4.78 is 10.2. The van der Waals surface area contributed by atoms with Crippen molar-refractivity contribution in [2.45, 2.75) is 46.1 Å². The summed E-state index contributed by atoms with van der Waals surface area (Å²) in [6.45, 7) is 5.48. The summed E-state index contributed by atoms with van der Waals surface area (Å²) in [4.78, 5) is 37.8. The summed E-state index contributed by atoms with van der Waals surface area (Å²) in [6.07, 6.45) is 3.28. The van der Waals surface area contributed by atoms with Gasteiger partial charge < -0.3 is 14.8 Å². The normalized spacial score (nSPS) is 20.8. The molecular weight excluding hydrogens is 334 g/mol. The predicted octanol–water partition coefficient (Wildman–Crippen LogP) is 3.60. The van der Waals surface area contributed by atoms with E-state index in [0.717, 1.165) is 5.56 Å². The highest BCUT2D eigenvalue weighted by molar-refractivity contribution is 6.06. The maximum atomic E-state index is 12.8. The summed E-state index contributed by atoms with van der Waals surface area (Å²) in [5, 5.41) is 2.71. The first kappa shape index (κ1) is 19.7. The molecule has 2 rings (SSSR count). The molecule has 0 heterocycles. The molecule has 0 unspecified atom stereocenters. The minimum Gasteiger partial charge on any atom is -0.465 e. The topological polar surface area (TPSA) is 81.7 Å². The third-order valence-electron chi connectivity index (χ3n) is 4.55. The third-order valence-corrected chi connectivity index (χ3v) is 4.55. The number of ketones is 1. The molecule has 0 radical (unpaired) electrons. The lowest BCUT2D eigenvalue weighted by Crippen LogP contribution is -2.49. The van der Waals surface area contributed by atoms with Crippen LogP contribution in [0.5, 0.6) is 0 Å². The summed E-state index contributed by atoms with van der Waals surface area (Å²) in [5.41, 5.74) is 0.199. The fourth-order valence-electron chi connectivity index (χ4n) is 3.41. The van der Waals surface area contributed by atoms with E-state index >= 15 is 0 Å². The van der Waals surface area contributed by atoms with Crippen LogP contribution in [0.4, 0.5) is 4.79 Å². The van der Waals surface area contributed by atoms with E-state index in [9.17, 15) is 14.4 Å². The molecule has 0 bridgehead atoms. The minimum absolute atomic E-state index is 0.164. The van der Waals surface area contributed by atoms with Crippen LogP contribution in [-0.4, -0.2) is 24.5 Å². The van der Waals surface area contributed by atoms with E-state index in [1.165, 1.54) is 6.26 Å². The number of rotatable bonds is 6. The van der Waals surface area contributed by atoms with Gasteiger partial charge in [-0.1, -0.05) is 35.9 Å². The van der Waals surface area contributed by atoms with E-state index in [1.807, 2.05) is 25.1 Å². The Balaban J connectivity index is 2.50. The number of allylic oxidation sites excluding steroid dienone is 1. The van der Waals surface area contributed by atoms with Gasteiger partial charge in [-0.05, 0) is 39.2 Å². The zero-order valence-corrected chi connectivity index (χ0v) is 15.4. The number of hydrogen-bond acceptors (Lipinski definition) is 5. The molecule has 6 nitrogen and oxygen atoms in total. The first-order valence-corrected chi connectivity index (χ1v) is 8.81. The SMILES string of the molecule is CC=COC(=O)N[C@@H](c1cccc(C)c1)[C@]1(C(=O)OCC)CCCC1=O. The van der Waals surface area contributed by atoms with Gasteiger partial charge in [-0.15, -0.1) is 0 Å². The van der Waals surface area contributed by atoms with Crippen molar-refractivity contribution in [2.75, 3.05) is 6.61 Å². The first-order chi connectivity index (χ1) is 12.5. The number of Topliss-reactive ketones (excluding diaryl/α,β-unsaturated/α-hetero) is 1. The largest absolute Gasteiger partial charge is 0.465 e. The van der Waals surface area contributed by atoms with Gasteiger partial charge in [0.05, 0.1) is 18.9 Å². The Labute approximate surface area is 153 Å². The van der Waals surface area contributed by atoms with Crippen molar-refractivity contribution in [3.05, 3.63) is 47.7 Å². The Hall–Kier alpha value is -2.63. The zero-order valence-electron chi connectivity index (χ0n) is 15.4. The zero-order chi connectivity index (χ0) is 19.2. The van der Waals surface area contributed by atoms with Crippen molar-refractivity contribution in [3.63, 3.8) is 0 Å². The molecule has 1 aliphatic rings. The van der Waals surface area contributed by atoms with E-state index in [-0.39, 0.29) is 18.8 Å². The fourth-order valence-corrected chi connectivity index (χ4v) is 3.41. The van der Waals surface area contributed by atoms with E-state index in [0.29, 0.717) is 18.4 Å². The van der Waals surface area contributed by atoms with Gasteiger partial charge in [0.2, 0.25) is 0 Å². The number of aryl methyl sites for hydroxylation is 1. The van der Waals surface area contributed by atoms with Crippen LogP contribution in [0.1, 0.15) is 50.3 Å². The lowest BCUT2D eigenvalue weighted by atomic mass is 9.74. The molecule has 1 aliphatic carbocycles. The van der Waals surface area contributed by atoms with Crippen molar-refractivity contribution >= 4 is 17.8 Å². The van der Waals surface area contributed by atoms with Crippen LogP contribution in [-0.2, 0) is 19.1 Å². The number of carbonyl (C=O) groups is 3. The van der Waals surface area contributed by atoms with Gasteiger partial charge in [-0.25, -0.2) is 4.79 Å². The molecule has 1 aromatic carbocycles. The molecule has 0 saturated heterocycles. The molecule has 1 fully saturated rings. The molecule has 2 atom stereocenters. The van der Waals surface area contributed by atoms with Crippen LogP contribution >= 0.6 is 0 Å². The van der Waals surface area contributed by atoms with Crippen LogP contribution < -0.4 is 5.32 Å². The van der Waals surface area contributed by atoms with Gasteiger partial charge in [-0.2, -0.15) is 0 Å². The Morgan fingerprint density at radius 2 is 2.15 bits per heavy atom. The van der Waals surface area contributed by atoms with E-state index in [1.54, 1.807) is 26.0 Å². The highest BCUT2D eigenvalue weighted by Gasteiger charge is 2.56. The van der Waals surface area contributed by atoms with Crippen molar-refractivity contribution in [3.8, 4) is 0 Å². The molecule has 6 heteroatoms. The number of hydrogen-bond donors (Lipinski definition) is 1. The molecular formula is C20H25NO5. The molecule has 0 aliphatic heterocycles. The first-order valence-electron chi connectivity index (χ1n) is 8.81. The summed E-state index contributed by atoms with van der Waals surface area (Å²) in [5.74, 6) is -0.811. The van der Waals surface area contributed by atoms with E-state index in [4.69, 9.17) is 9.47 Å². The molecule has 1 saturated carbocycles. The number of nitrogens with one attached hydrogen (secondary N) is 1. The van der Waals surface area contributed by atoms with Crippen molar-refractivity contribution in [2.24, 2.45) is 5.41 Å². The standard InChI is InChI=1S/C20H25NO5/c1-4-12-26-19(24)21-17(15-9-6-8-14(3)13-15)20(18(23)25-5-2)11-7-10-16(20)22/h4,6,8-9,12-13,17H,5,7,10-11H2,1-3H3,(H,21,24)/t17-,20-/m0/s1. The lowest BCUT2D eigenvalue weighted by Gasteiger charge is -2.34. The molecule has 0 spiro atoms. The van der Waals surface area contributed by atoms with Crippen LogP contribution in [0, 0.1) is 12.3 Å². The van der Waals surface area contributed by atoms with Crippen molar-refractivity contribution in [1.82, 2.24) is 5.32 Å². The Morgan fingerprint density at radius 3 is 2.73 bits per heavy atom. The predicted molar refractivity (Wildman–Crippen MR) is 96.3 cm³/mol. The molecule has 140 valence electrons. The third kappa shape index (κ3) is 3.95. The second-order valence-electron chi connectivity index (χ2n) is 6.33. The highest BCUT2D eigenvalue weighted by atomic mass is 16.5. The number of ether oxygens (including phenoxy) is 2. The van der Waals surface area contributed by atoms with E-state index in [2.05, 4.69) is 5.32 Å². The van der Waals surface area contributed by atoms with Gasteiger partial charge >= 0.3 is 12.1 Å². The number of amides is 1. The Bertz CT molecular complexity index is 712. The van der Waals surface area contributed by atoms with Gasteiger partial charge in [0.15, 0.2) is 11.2 Å². The van der Waals surface area contributed by atoms with Crippen molar-refractivity contribution in [1.29, 1.82) is 0 Å². The fraction of sp³-hybridized carbons (Fsp3) is 0.450. The Kier molecular flexibility index (Phi) is 6.55. The molecule has 1 N–H and O–H groups in total. The maximum Gasteiger partial charge on any atom is 0.412 e. The average Bonchev–Trinajstić information content (AvgIpc) is 3.00. The number of alkyl carbamates (subject to hydrolysis) is 1. The monoisotopic (exact) mass is 359 g/mol. The van der Waals surface area contributed by atoms with Crippen LogP contribution in [0.15, 0.2) is 36.6 Å². The van der Waals surface area contributed by atoms with Gasteiger partial charge in [0, 0.05) is 6.42 Å². The van der Waals surface area contributed by atoms with Crippen molar-refractivity contribution < 1.29 is 23.9 Å². The Morgan fingerprint density at radius 1 is 1.38 bits per heavy atom. The summed E-state index contributed by atoms with van der Waals surface area (Å²) >= 11 is 0.